The third-order valence-corrected chi connectivity index (χ3v) is 8.28. The van der Waals surface area contributed by atoms with Crippen LogP contribution in [0.4, 0.5) is 0 Å². The van der Waals surface area contributed by atoms with Gasteiger partial charge in [0.2, 0.25) is 0 Å². The number of aryl methyl sites for hydroxylation is 1. The molecule has 29 heavy (non-hydrogen) atoms. The number of carbonyl (C=O) groups excluding carboxylic acids is 1. The number of rotatable bonds is 4. The summed E-state index contributed by atoms with van der Waals surface area (Å²) in [5.41, 5.74) is 1.52. The highest BCUT2D eigenvalue weighted by atomic mass is 32.2. The molecular weight excluding hydrogens is 376 g/mol. The number of hydrogen-bond donors (Lipinski definition) is 0. The summed E-state index contributed by atoms with van der Waals surface area (Å²) < 4.78 is 7.32. The van der Waals surface area contributed by atoms with Gasteiger partial charge in [-0.05, 0) is 76.4 Å². The summed E-state index contributed by atoms with van der Waals surface area (Å²) in [6.45, 7) is 8.42. The molecule has 0 spiro atoms. The quantitative estimate of drug-likeness (QED) is 0.254. The number of benzene rings is 2. The van der Waals surface area contributed by atoms with Crippen LogP contribution in [0.1, 0.15) is 55.3 Å². The minimum Gasteiger partial charge on any atom is -0.455 e. The third-order valence-electron chi connectivity index (χ3n) is 5.97. The van der Waals surface area contributed by atoms with E-state index in [2.05, 4.69) is 62.4 Å². The van der Waals surface area contributed by atoms with Crippen LogP contribution in [0.15, 0.2) is 66.2 Å². The van der Waals surface area contributed by atoms with Gasteiger partial charge in [-0.1, -0.05) is 23.8 Å². The summed E-state index contributed by atoms with van der Waals surface area (Å²) in [4.78, 5) is 15.4. The van der Waals surface area contributed by atoms with Gasteiger partial charge >= 0.3 is 5.97 Å². The SMILES string of the molecule is CC1=CC(C(C)(C)OC(=O)c2ccc(-[s+]3c(C)cc4ccccc43)cc2)CCC1. The fraction of sp³-hybridized carbons (Fsp3) is 0.346. The number of carbonyl (C=O) groups is 1. The summed E-state index contributed by atoms with van der Waals surface area (Å²) in [5, 5.41) is 1.30. The van der Waals surface area contributed by atoms with Crippen molar-refractivity contribution >= 4 is 26.5 Å². The Morgan fingerprint density at radius 2 is 1.79 bits per heavy atom. The van der Waals surface area contributed by atoms with Crippen LogP contribution in [0, 0.1) is 12.8 Å². The van der Waals surface area contributed by atoms with Crippen LogP contribution >= 0.6 is 10.5 Å². The van der Waals surface area contributed by atoms with E-state index in [0.717, 1.165) is 12.8 Å². The van der Waals surface area contributed by atoms with Gasteiger partial charge in [0.15, 0.2) is 14.5 Å². The Bertz CT molecular complexity index is 1070. The van der Waals surface area contributed by atoms with E-state index in [4.69, 9.17) is 4.74 Å². The number of ether oxygens (including phenoxy) is 1. The second kappa shape index (κ2) is 7.79. The van der Waals surface area contributed by atoms with E-state index in [1.165, 1.54) is 31.9 Å². The summed E-state index contributed by atoms with van der Waals surface area (Å²) in [6.07, 6.45) is 5.68. The fourth-order valence-electron chi connectivity index (χ4n) is 4.31. The molecule has 0 radical (unpaired) electrons. The highest BCUT2D eigenvalue weighted by Crippen LogP contribution is 2.43. The van der Waals surface area contributed by atoms with Crippen LogP contribution in [-0.4, -0.2) is 11.6 Å². The lowest BCUT2D eigenvalue weighted by molar-refractivity contribution is -0.0228. The second-order valence-electron chi connectivity index (χ2n) is 8.63. The molecule has 0 saturated heterocycles. The summed E-state index contributed by atoms with van der Waals surface area (Å²) in [7, 11) is -0.0575. The van der Waals surface area contributed by atoms with Crippen molar-refractivity contribution < 1.29 is 9.53 Å². The highest BCUT2D eigenvalue weighted by molar-refractivity contribution is 7.45. The van der Waals surface area contributed by atoms with E-state index in [1.807, 2.05) is 26.0 Å². The molecule has 3 heteroatoms. The zero-order chi connectivity index (χ0) is 20.6. The molecule has 0 fully saturated rings. The average molecular weight is 406 g/mol. The molecule has 1 aliphatic carbocycles. The minimum atomic E-state index is -0.497. The van der Waals surface area contributed by atoms with E-state index in [9.17, 15) is 4.79 Å². The maximum absolute atomic E-state index is 12.8. The Labute approximate surface area is 176 Å². The summed E-state index contributed by atoms with van der Waals surface area (Å²) in [6, 6.07) is 18.8. The van der Waals surface area contributed by atoms with E-state index >= 15 is 0 Å². The van der Waals surface area contributed by atoms with Crippen molar-refractivity contribution in [3.8, 4) is 4.90 Å². The smallest absolute Gasteiger partial charge is 0.338 e. The van der Waals surface area contributed by atoms with Crippen LogP contribution in [-0.2, 0) is 4.74 Å². The molecule has 3 aromatic rings. The van der Waals surface area contributed by atoms with Gasteiger partial charge in [-0.25, -0.2) is 4.79 Å². The number of thiophene rings is 1. The van der Waals surface area contributed by atoms with E-state index < -0.39 is 5.60 Å². The van der Waals surface area contributed by atoms with Crippen molar-refractivity contribution in [2.24, 2.45) is 5.92 Å². The molecular formula is C26H29O2S+. The van der Waals surface area contributed by atoms with Crippen molar-refractivity contribution in [3.05, 3.63) is 76.7 Å². The molecule has 0 N–H and O–H groups in total. The van der Waals surface area contributed by atoms with Gasteiger partial charge in [-0.2, -0.15) is 0 Å². The lowest BCUT2D eigenvalue weighted by Crippen LogP contribution is -2.36. The molecule has 1 heterocycles. The van der Waals surface area contributed by atoms with Crippen molar-refractivity contribution in [1.82, 2.24) is 0 Å². The maximum Gasteiger partial charge on any atom is 0.338 e. The first kappa shape index (κ1) is 19.9. The standard InChI is InChI=1S/C26H29O2S/c1-18-8-7-10-22(16-18)26(3,4)28-25(27)20-12-14-23(15-13-20)29-19(2)17-21-9-5-6-11-24(21)29/h5-6,9,11-17,22H,7-8,10H2,1-4H3/q+1. The van der Waals surface area contributed by atoms with Crippen molar-refractivity contribution in [1.29, 1.82) is 0 Å². The molecule has 2 aromatic carbocycles. The summed E-state index contributed by atoms with van der Waals surface area (Å²) >= 11 is 0. The first-order valence-electron chi connectivity index (χ1n) is 10.4. The Kier molecular flexibility index (Phi) is 5.35. The topological polar surface area (TPSA) is 26.3 Å². The molecule has 2 unspecified atom stereocenters. The van der Waals surface area contributed by atoms with Crippen LogP contribution in [0.25, 0.3) is 15.0 Å². The molecule has 1 aliphatic rings. The molecule has 150 valence electrons. The Hall–Kier alpha value is -2.39. The normalized spacial score (nSPS) is 17.9. The molecule has 2 atom stereocenters. The minimum absolute atomic E-state index is 0.0575. The van der Waals surface area contributed by atoms with E-state index in [-0.39, 0.29) is 22.4 Å². The van der Waals surface area contributed by atoms with Crippen LogP contribution < -0.4 is 0 Å². The third kappa shape index (κ3) is 4.02. The van der Waals surface area contributed by atoms with Gasteiger partial charge in [0.05, 0.1) is 5.56 Å². The van der Waals surface area contributed by atoms with Gasteiger partial charge in [0, 0.05) is 34.8 Å². The predicted molar refractivity (Wildman–Crippen MR) is 123 cm³/mol. The van der Waals surface area contributed by atoms with Crippen molar-refractivity contribution in [2.45, 2.75) is 52.6 Å². The van der Waals surface area contributed by atoms with E-state index in [0.29, 0.717) is 5.56 Å². The van der Waals surface area contributed by atoms with Gasteiger partial charge in [0.25, 0.3) is 0 Å². The molecule has 0 aliphatic heterocycles. The highest BCUT2D eigenvalue weighted by Gasteiger charge is 2.33. The zero-order valence-corrected chi connectivity index (χ0v) is 18.5. The molecule has 2 nitrogen and oxygen atoms in total. The maximum atomic E-state index is 12.8. The van der Waals surface area contributed by atoms with E-state index in [1.54, 1.807) is 0 Å². The number of fused-ring (bicyclic) bond motifs is 1. The molecule has 0 saturated carbocycles. The number of esters is 1. The van der Waals surface area contributed by atoms with Gasteiger partial charge in [-0.3, -0.25) is 0 Å². The monoisotopic (exact) mass is 405 g/mol. The van der Waals surface area contributed by atoms with Gasteiger partial charge in [0.1, 0.15) is 5.60 Å². The number of allylic oxidation sites excluding steroid dienone is 1. The van der Waals surface area contributed by atoms with Crippen molar-refractivity contribution in [2.75, 3.05) is 0 Å². The van der Waals surface area contributed by atoms with Crippen molar-refractivity contribution in [3.63, 3.8) is 0 Å². The lowest BCUT2D eigenvalue weighted by Gasteiger charge is -2.34. The van der Waals surface area contributed by atoms with Crippen LogP contribution in [0.3, 0.4) is 0 Å². The molecule has 4 rings (SSSR count). The second-order valence-corrected chi connectivity index (χ2v) is 10.8. The molecule has 0 amide bonds. The first-order chi connectivity index (χ1) is 13.8. The predicted octanol–water partition coefficient (Wildman–Crippen LogP) is 7.57. The van der Waals surface area contributed by atoms with Crippen LogP contribution in [0.5, 0.6) is 0 Å². The van der Waals surface area contributed by atoms with Crippen LogP contribution in [0.2, 0.25) is 0 Å². The Morgan fingerprint density at radius 1 is 1.07 bits per heavy atom. The number of hydrogen-bond acceptors (Lipinski definition) is 2. The molecule has 1 aromatic heterocycles. The molecule has 0 bridgehead atoms. The van der Waals surface area contributed by atoms with Gasteiger partial charge < -0.3 is 4.74 Å². The lowest BCUT2D eigenvalue weighted by atomic mass is 9.81. The Balaban J connectivity index is 1.55. The zero-order valence-electron chi connectivity index (χ0n) is 17.7. The Morgan fingerprint density at radius 3 is 2.52 bits per heavy atom. The summed E-state index contributed by atoms with van der Waals surface area (Å²) in [5.74, 6) is 0.0457. The first-order valence-corrected chi connectivity index (χ1v) is 11.6. The van der Waals surface area contributed by atoms with Gasteiger partial charge in [-0.15, -0.1) is 0 Å². The average Bonchev–Trinajstić information content (AvgIpc) is 3.03. The fourth-order valence-corrected chi connectivity index (χ4v) is 6.51. The largest absolute Gasteiger partial charge is 0.455 e.